The summed E-state index contributed by atoms with van der Waals surface area (Å²) in [7, 11) is 1.80. The van der Waals surface area contributed by atoms with Crippen molar-refractivity contribution in [3.63, 3.8) is 0 Å². The lowest BCUT2D eigenvalue weighted by Crippen LogP contribution is -2.49. The van der Waals surface area contributed by atoms with Crippen LogP contribution in [0.3, 0.4) is 0 Å². The summed E-state index contributed by atoms with van der Waals surface area (Å²) < 4.78 is 5.61. The molecular weight excluding hydrogens is 272 g/mol. The van der Waals surface area contributed by atoms with Crippen molar-refractivity contribution in [2.45, 2.75) is 38.5 Å². The zero-order valence-electron chi connectivity index (χ0n) is 12.6. The smallest absolute Gasteiger partial charge is 0.0724 e. The maximum absolute atomic E-state index is 6.25. The lowest BCUT2D eigenvalue weighted by Gasteiger charge is -2.42. The van der Waals surface area contributed by atoms with Gasteiger partial charge in [0, 0.05) is 30.8 Å². The monoisotopic (exact) mass is 296 g/mol. The summed E-state index contributed by atoms with van der Waals surface area (Å²) in [6.45, 7) is 6.30. The SMILES string of the molecule is COC1CN(C(c2cccc(Cl)c2)C(C)N)CCC1C. The Morgan fingerprint density at radius 3 is 2.80 bits per heavy atom. The lowest BCUT2D eigenvalue weighted by atomic mass is 9.91. The molecule has 0 spiro atoms. The Balaban J connectivity index is 2.21. The average Bonchev–Trinajstić information content (AvgIpc) is 2.40. The molecule has 4 atom stereocenters. The maximum Gasteiger partial charge on any atom is 0.0724 e. The second-order valence-electron chi connectivity index (χ2n) is 5.89. The first-order chi connectivity index (χ1) is 9.52. The van der Waals surface area contributed by atoms with Gasteiger partial charge >= 0.3 is 0 Å². The molecule has 0 radical (unpaired) electrons. The maximum atomic E-state index is 6.25. The number of halogens is 1. The third kappa shape index (κ3) is 3.53. The van der Waals surface area contributed by atoms with Gasteiger partial charge < -0.3 is 10.5 Å². The number of methoxy groups -OCH3 is 1. The van der Waals surface area contributed by atoms with Crippen molar-refractivity contribution in [3.8, 4) is 0 Å². The molecule has 1 heterocycles. The summed E-state index contributed by atoms with van der Waals surface area (Å²) in [5.74, 6) is 0.601. The molecule has 20 heavy (non-hydrogen) atoms. The van der Waals surface area contributed by atoms with E-state index in [1.54, 1.807) is 7.11 Å². The number of nitrogens with zero attached hydrogens (tertiary/aromatic N) is 1. The van der Waals surface area contributed by atoms with Gasteiger partial charge in [-0.2, -0.15) is 0 Å². The van der Waals surface area contributed by atoms with Crippen LogP contribution >= 0.6 is 11.6 Å². The molecular formula is C16H25ClN2O. The summed E-state index contributed by atoms with van der Waals surface area (Å²) in [6, 6.07) is 8.28. The van der Waals surface area contributed by atoms with Crippen molar-refractivity contribution in [1.82, 2.24) is 4.90 Å². The predicted molar refractivity (Wildman–Crippen MR) is 84.0 cm³/mol. The van der Waals surface area contributed by atoms with E-state index in [1.165, 1.54) is 5.56 Å². The Morgan fingerprint density at radius 1 is 1.45 bits per heavy atom. The second-order valence-corrected chi connectivity index (χ2v) is 6.33. The third-order valence-corrected chi connectivity index (χ3v) is 4.54. The predicted octanol–water partition coefficient (Wildman–Crippen LogP) is 3.09. The van der Waals surface area contributed by atoms with Gasteiger partial charge in [-0.05, 0) is 43.5 Å². The van der Waals surface area contributed by atoms with Gasteiger partial charge in [0.25, 0.3) is 0 Å². The zero-order valence-corrected chi connectivity index (χ0v) is 13.3. The molecule has 1 saturated heterocycles. The van der Waals surface area contributed by atoms with Crippen LogP contribution in [0.25, 0.3) is 0 Å². The lowest BCUT2D eigenvalue weighted by molar-refractivity contribution is -0.0224. The van der Waals surface area contributed by atoms with Crippen LogP contribution in [0.1, 0.15) is 31.9 Å². The van der Waals surface area contributed by atoms with Crippen LogP contribution in [-0.2, 0) is 4.74 Å². The fourth-order valence-electron chi connectivity index (χ4n) is 3.15. The number of likely N-dealkylation sites (tertiary alicyclic amines) is 1. The molecule has 1 aliphatic rings. The van der Waals surface area contributed by atoms with E-state index >= 15 is 0 Å². The molecule has 1 fully saturated rings. The van der Waals surface area contributed by atoms with Gasteiger partial charge in [0.2, 0.25) is 0 Å². The summed E-state index contributed by atoms with van der Waals surface area (Å²) >= 11 is 6.13. The largest absolute Gasteiger partial charge is 0.380 e. The molecule has 1 aliphatic heterocycles. The van der Waals surface area contributed by atoms with E-state index in [-0.39, 0.29) is 18.2 Å². The molecule has 112 valence electrons. The van der Waals surface area contributed by atoms with Crippen LogP contribution < -0.4 is 5.73 Å². The van der Waals surface area contributed by atoms with E-state index in [1.807, 2.05) is 18.2 Å². The van der Waals surface area contributed by atoms with E-state index in [4.69, 9.17) is 22.1 Å². The van der Waals surface area contributed by atoms with Crippen molar-refractivity contribution in [1.29, 1.82) is 0 Å². The van der Waals surface area contributed by atoms with Gasteiger partial charge in [-0.3, -0.25) is 4.90 Å². The van der Waals surface area contributed by atoms with Crippen molar-refractivity contribution >= 4 is 11.6 Å². The first-order valence-corrected chi connectivity index (χ1v) is 7.68. The molecule has 2 rings (SSSR count). The van der Waals surface area contributed by atoms with E-state index in [0.717, 1.165) is 24.5 Å². The molecule has 0 aromatic heterocycles. The molecule has 1 aromatic carbocycles. The topological polar surface area (TPSA) is 38.5 Å². The minimum absolute atomic E-state index is 0.0550. The van der Waals surface area contributed by atoms with Crippen molar-refractivity contribution in [3.05, 3.63) is 34.9 Å². The molecule has 4 heteroatoms. The highest BCUT2D eigenvalue weighted by Crippen LogP contribution is 2.30. The van der Waals surface area contributed by atoms with Gasteiger partial charge in [-0.15, -0.1) is 0 Å². The Hall–Kier alpha value is -0.610. The Morgan fingerprint density at radius 2 is 2.20 bits per heavy atom. The quantitative estimate of drug-likeness (QED) is 0.928. The molecule has 3 nitrogen and oxygen atoms in total. The van der Waals surface area contributed by atoms with E-state index in [9.17, 15) is 0 Å². The van der Waals surface area contributed by atoms with Crippen LogP contribution in [-0.4, -0.2) is 37.2 Å². The summed E-state index contributed by atoms with van der Waals surface area (Å²) in [5, 5.41) is 0.766. The molecule has 2 N–H and O–H groups in total. The third-order valence-electron chi connectivity index (χ3n) is 4.31. The fourth-order valence-corrected chi connectivity index (χ4v) is 3.35. The van der Waals surface area contributed by atoms with E-state index < -0.39 is 0 Å². The number of ether oxygens (including phenoxy) is 1. The first kappa shape index (κ1) is 15.8. The fraction of sp³-hybridized carbons (Fsp3) is 0.625. The number of hydrogen-bond donors (Lipinski definition) is 1. The highest BCUT2D eigenvalue weighted by molar-refractivity contribution is 6.30. The normalized spacial score (nSPS) is 27.2. The number of hydrogen-bond acceptors (Lipinski definition) is 3. The number of rotatable bonds is 4. The highest BCUT2D eigenvalue weighted by atomic mass is 35.5. The van der Waals surface area contributed by atoms with Crippen LogP contribution in [0.2, 0.25) is 5.02 Å². The molecule has 0 saturated carbocycles. The minimum atomic E-state index is 0.0550. The van der Waals surface area contributed by atoms with Gasteiger partial charge in [-0.1, -0.05) is 30.7 Å². The molecule has 4 unspecified atom stereocenters. The van der Waals surface area contributed by atoms with Crippen molar-refractivity contribution < 1.29 is 4.74 Å². The van der Waals surface area contributed by atoms with Crippen molar-refractivity contribution in [2.75, 3.05) is 20.2 Å². The summed E-state index contributed by atoms with van der Waals surface area (Å²) in [4.78, 5) is 2.44. The summed E-state index contributed by atoms with van der Waals surface area (Å²) in [6.07, 6.45) is 1.42. The van der Waals surface area contributed by atoms with Crippen molar-refractivity contribution in [2.24, 2.45) is 11.7 Å². The van der Waals surface area contributed by atoms with E-state index in [2.05, 4.69) is 24.8 Å². The molecule has 0 aliphatic carbocycles. The van der Waals surface area contributed by atoms with Crippen LogP contribution in [0.4, 0.5) is 0 Å². The van der Waals surface area contributed by atoms with Gasteiger partial charge in [0.15, 0.2) is 0 Å². The number of benzene rings is 1. The Kier molecular flexibility index (Phi) is 5.44. The zero-order chi connectivity index (χ0) is 14.7. The number of piperidine rings is 1. The Labute approximate surface area is 127 Å². The van der Waals surface area contributed by atoms with Gasteiger partial charge in [0.05, 0.1) is 6.10 Å². The first-order valence-electron chi connectivity index (χ1n) is 7.30. The molecule has 0 amide bonds. The minimum Gasteiger partial charge on any atom is -0.380 e. The highest BCUT2D eigenvalue weighted by Gasteiger charge is 2.32. The van der Waals surface area contributed by atoms with Gasteiger partial charge in [0.1, 0.15) is 0 Å². The average molecular weight is 297 g/mol. The standard InChI is InChI=1S/C16H25ClN2O/c1-11-7-8-19(10-15(11)20-3)16(12(2)18)13-5-4-6-14(17)9-13/h4-6,9,11-12,15-16H,7-8,10,18H2,1-3H3. The Bertz CT molecular complexity index is 438. The van der Waals surface area contributed by atoms with Crippen LogP contribution in [0.15, 0.2) is 24.3 Å². The van der Waals surface area contributed by atoms with Gasteiger partial charge in [-0.25, -0.2) is 0 Å². The van der Waals surface area contributed by atoms with Crippen LogP contribution in [0.5, 0.6) is 0 Å². The number of nitrogens with two attached hydrogens (primary N) is 1. The molecule has 1 aromatic rings. The second kappa shape index (κ2) is 6.90. The van der Waals surface area contributed by atoms with E-state index in [0.29, 0.717) is 5.92 Å². The van der Waals surface area contributed by atoms with Crippen LogP contribution in [0, 0.1) is 5.92 Å². The summed E-state index contributed by atoms with van der Waals surface area (Å²) in [5.41, 5.74) is 7.44. The molecule has 0 bridgehead atoms.